The fourth-order valence-electron chi connectivity index (χ4n) is 4.15. The molecule has 4 aromatic carbocycles. The number of aryl methyl sites for hydroxylation is 2. The summed E-state index contributed by atoms with van der Waals surface area (Å²) in [7, 11) is 0. The van der Waals surface area contributed by atoms with Crippen LogP contribution < -0.4 is 19.1 Å². The Bertz CT molecular complexity index is 1660. The molecular weight excluding hydrogens is 580 g/mol. The van der Waals surface area contributed by atoms with E-state index in [1.165, 1.54) is 12.1 Å². The van der Waals surface area contributed by atoms with Gasteiger partial charge in [-0.3, -0.25) is 0 Å². The van der Waals surface area contributed by atoms with E-state index in [9.17, 15) is 24.6 Å². The average Bonchev–Trinajstić information content (AvgIpc) is 3.01. The highest BCUT2D eigenvalue weighted by molar-refractivity contribution is 6.03. The summed E-state index contributed by atoms with van der Waals surface area (Å²) in [5.41, 5.74) is 1.73. The predicted molar refractivity (Wildman–Crippen MR) is 164 cm³/mol. The number of carbonyl (C=O) groups excluding carboxylic acids is 1. The van der Waals surface area contributed by atoms with E-state index in [2.05, 4.69) is 0 Å². The zero-order valence-electron chi connectivity index (χ0n) is 25.4. The van der Waals surface area contributed by atoms with Crippen LogP contribution in [0.25, 0.3) is 0 Å². The highest BCUT2D eigenvalue weighted by atomic mass is 17.2. The second-order valence-electron chi connectivity index (χ2n) is 11.2. The van der Waals surface area contributed by atoms with Gasteiger partial charge in [-0.1, -0.05) is 43.2 Å². The zero-order chi connectivity index (χ0) is 32.6. The first-order valence-electron chi connectivity index (χ1n) is 14.0. The van der Waals surface area contributed by atoms with E-state index in [0.29, 0.717) is 36.0 Å². The summed E-state index contributed by atoms with van der Waals surface area (Å²) < 4.78 is 17.2. The summed E-state index contributed by atoms with van der Waals surface area (Å²) >= 11 is 0. The number of hydrogen-bond acceptors (Lipinski definition) is 8. The van der Waals surface area contributed by atoms with Gasteiger partial charge in [0.15, 0.2) is 5.75 Å². The molecule has 0 saturated heterocycles. The fraction of sp³-hybridized carbons (Fsp3) is 0.229. The summed E-state index contributed by atoms with van der Waals surface area (Å²) in [4.78, 5) is 46.1. The van der Waals surface area contributed by atoms with Crippen molar-refractivity contribution in [3.05, 3.63) is 118 Å². The van der Waals surface area contributed by atoms with Crippen molar-refractivity contribution in [2.24, 2.45) is 5.41 Å². The van der Waals surface area contributed by atoms with Crippen LogP contribution in [0.5, 0.6) is 23.0 Å². The number of aromatic carboxylic acids is 2. The van der Waals surface area contributed by atoms with Gasteiger partial charge in [-0.05, 0) is 86.1 Å². The lowest BCUT2D eigenvalue weighted by Crippen LogP contribution is -2.28. The maximum absolute atomic E-state index is 12.6. The average molecular weight is 615 g/mol. The van der Waals surface area contributed by atoms with Crippen molar-refractivity contribution < 1.29 is 48.6 Å². The minimum Gasteiger partial charge on any atom is -0.493 e. The van der Waals surface area contributed by atoms with Crippen LogP contribution in [0.4, 0.5) is 0 Å². The Morgan fingerprint density at radius 3 is 1.67 bits per heavy atom. The van der Waals surface area contributed by atoms with Gasteiger partial charge in [0.2, 0.25) is 0 Å². The number of hydrogen-bond donors (Lipinski definition) is 2. The summed E-state index contributed by atoms with van der Waals surface area (Å²) in [5, 5.41) is 18.8. The van der Waals surface area contributed by atoms with Gasteiger partial charge < -0.3 is 29.3 Å². The molecule has 0 radical (unpaired) electrons. The summed E-state index contributed by atoms with van der Waals surface area (Å²) in [6.07, 6.45) is 0. The molecule has 0 aliphatic rings. The molecule has 0 atom stereocenters. The number of rotatable bonds is 14. The molecule has 0 fully saturated rings. The van der Waals surface area contributed by atoms with Gasteiger partial charge >= 0.3 is 17.9 Å². The molecule has 0 heterocycles. The monoisotopic (exact) mass is 614 g/mol. The van der Waals surface area contributed by atoms with E-state index >= 15 is 0 Å². The van der Waals surface area contributed by atoms with Crippen LogP contribution >= 0.6 is 0 Å². The maximum Gasteiger partial charge on any atom is 0.344 e. The molecule has 4 aromatic rings. The maximum atomic E-state index is 12.6. The molecule has 45 heavy (non-hydrogen) atoms. The minimum atomic E-state index is -1.20. The van der Waals surface area contributed by atoms with Gasteiger partial charge in [0.05, 0.1) is 29.9 Å². The van der Waals surface area contributed by atoms with Crippen LogP contribution in [0, 0.1) is 19.3 Å². The van der Waals surface area contributed by atoms with Crippen LogP contribution in [-0.2, 0) is 11.5 Å². The third-order valence-corrected chi connectivity index (χ3v) is 6.61. The second-order valence-corrected chi connectivity index (χ2v) is 11.2. The normalized spacial score (nSPS) is 11.0. The molecule has 10 heteroatoms. The van der Waals surface area contributed by atoms with E-state index in [1.54, 1.807) is 73.7 Å². The number of carboxylic acids is 2. The molecule has 0 aliphatic carbocycles. The molecule has 0 aromatic heterocycles. The van der Waals surface area contributed by atoms with Crippen LogP contribution in [0.15, 0.2) is 84.9 Å². The van der Waals surface area contributed by atoms with E-state index < -0.39 is 17.9 Å². The quantitative estimate of drug-likeness (QED) is 0.0667. The summed E-state index contributed by atoms with van der Waals surface area (Å²) in [5.74, 6) is -1.12. The van der Waals surface area contributed by atoms with E-state index in [4.69, 9.17) is 24.0 Å². The number of esters is 1. The van der Waals surface area contributed by atoms with Crippen molar-refractivity contribution in [1.29, 1.82) is 0 Å². The lowest BCUT2D eigenvalue weighted by Gasteiger charge is -2.25. The number of ether oxygens (including phenoxy) is 3. The van der Waals surface area contributed by atoms with Gasteiger partial charge in [-0.25, -0.2) is 14.4 Å². The van der Waals surface area contributed by atoms with Crippen molar-refractivity contribution >= 4 is 17.9 Å². The van der Waals surface area contributed by atoms with Crippen molar-refractivity contribution in [3.8, 4) is 23.0 Å². The molecule has 0 spiro atoms. The molecule has 4 rings (SSSR count). The Morgan fingerprint density at radius 2 is 1.11 bits per heavy atom. The second kappa shape index (κ2) is 14.4. The standard InChI is InChI=1S/C35H34O10/c1-22-5-7-24(30(17-22)32(36)37)19-43-45-28-14-10-26(11-15-28)42-21-35(3,4)20-41-25-8-12-27(13-9-25)44-34(40)29-16-6-23(2)18-31(29)33(38)39/h5-18H,19-21H2,1-4H3,(H,36,37)(H,38,39). The van der Waals surface area contributed by atoms with Crippen molar-refractivity contribution in [3.63, 3.8) is 0 Å². The third-order valence-electron chi connectivity index (χ3n) is 6.61. The molecule has 0 amide bonds. The topological polar surface area (TPSA) is 138 Å². The highest BCUT2D eigenvalue weighted by Crippen LogP contribution is 2.25. The molecule has 0 aliphatic heterocycles. The Kier molecular flexibility index (Phi) is 10.4. The highest BCUT2D eigenvalue weighted by Gasteiger charge is 2.21. The van der Waals surface area contributed by atoms with E-state index in [-0.39, 0.29) is 34.5 Å². The Labute approximate surface area is 260 Å². The third kappa shape index (κ3) is 9.32. The van der Waals surface area contributed by atoms with Gasteiger partial charge in [-0.2, -0.15) is 4.89 Å². The Morgan fingerprint density at radius 1 is 0.622 bits per heavy atom. The van der Waals surface area contributed by atoms with Gasteiger partial charge in [0, 0.05) is 5.41 Å². The molecule has 0 saturated carbocycles. The van der Waals surface area contributed by atoms with Crippen LogP contribution in [0.1, 0.15) is 61.6 Å². The Balaban J connectivity index is 1.22. The largest absolute Gasteiger partial charge is 0.493 e. The summed E-state index contributed by atoms with van der Waals surface area (Å²) in [6.45, 7) is 8.22. The van der Waals surface area contributed by atoms with Gasteiger partial charge in [0.25, 0.3) is 0 Å². The fourth-order valence-corrected chi connectivity index (χ4v) is 4.15. The van der Waals surface area contributed by atoms with E-state index in [0.717, 1.165) is 11.1 Å². The van der Waals surface area contributed by atoms with E-state index in [1.807, 2.05) is 26.8 Å². The number of benzene rings is 4. The molecule has 10 nitrogen and oxygen atoms in total. The van der Waals surface area contributed by atoms with Crippen molar-refractivity contribution in [2.75, 3.05) is 13.2 Å². The van der Waals surface area contributed by atoms with Crippen molar-refractivity contribution in [2.45, 2.75) is 34.3 Å². The molecular formula is C35H34O10. The number of carbonyl (C=O) groups is 3. The van der Waals surface area contributed by atoms with Crippen LogP contribution in [-0.4, -0.2) is 41.3 Å². The molecule has 0 unspecified atom stereocenters. The molecule has 2 N–H and O–H groups in total. The van der Waals surface area contributed by atoms with Gasteiger partial charge in [0.1, 0.15) is 23.9 Å². The number of carboxylic acid groups (broad SMARTS) is 2. The summed E-state index contributed by atoms with van der Waals surface area (Å²) in [6, 6.07) is 22.9. The first-order valence-corrected chi connectivity index (χ1v) is 14.0. The van der Waals surface area contributed by atoms with Gasteiger partial charge in [-0.15, -0.1) is 0 Å². The molecule has 0 bridgehead atoms. The first kappa shape index (κ1) is 32.6. The lowest BCUT2D eigenvalue weighted by molar-refractivity contribution is -0.217. The first-order chi connectivity index (χ1) is 21.4. The van der Waals surface area contributed by atoms with Crippen LogP contribution in [0.2, 0.25) is 0 Å². The van der Waals surface area contributed by atoms with Crippen LogP contribution in [0.3, 0.4) is 0 Å². The smallest absolute Gasteiger partial charge is 0.344 e. The Hall–Kier alpha value is -5.35. The molecule has 234 valence electrons. The SMILES string of the molecule is Cc1ccc(COOc2ccc(OCC(C)(C)COc3ccc(OC(=O)c4ccc(C)cc4C(=O)O)cc3)cc2)c(C(=O)O)c1. The zero-order valence-corrected chi connectivity index (χ0v) is 25.4. The minimum absolute atomic E-state index is 0.0245. The predicted octanol–water partition coefficient (Wildman–Crippen LogP) is 6.91. The lowest BCUT2D eigenvalue weighted by atomic mass is 9.96. The van der Waals surface area contributed by atoms with Crippen molar-refractivity contribution in [1.82, 2.24) is 0 Å².